The minimum Gasteiger partial charge on any atom is -2.00 e. The van der Waals surface area contributed by atoms with Crippen molar-refractivity contribution in [1.82, 2.24) is 0 Å². The molecule has 0 saturated heterocycles. The average Bonchev–Trinajstić information content (AvgIpc) is 0. The van der Waals surface area contributed by atoms with E-state index in [9.17, 15) is 0 Å². The van der Waals surface area contributed by atoms with E-state index in [2.05, 4.69) is 0 Å². The van der Waals surface area contributed by atoms with Crippen LogP contribution in [0.4, 0.5) is 0 Å². The Kier molecular flexibility index (Phi) is 123. The van der Waals surface area contributed by atoms with Crippen molar-refractivity contribution in [3.05, 3.63) is 0 Å². The van der Waals surface area contributed by atoms with Gasteiger partial charge in [-0.3, -0.25) is 0 Å². The van der Waals surface area contributed by atoms with Crippen molar-refractivity contribution >= 4 is 89.0 Å². The summed E-state index contributed by atoms with van der Waals surface area (Å²) in [5, 5.41) is 0. The van der Waals surface area contributed by atoms with Crippen molar-refractivity contribution in [2.45, 2.75) is 0 Å². The van der Waals surface area contributed by atoms with Gasteiger partial charge >= 0.3 is 75.5 Å². The molecular weight excluding hydrogens is 128 g/mol. The molecule has 0 aliphatic rings. The van der Waals surface area contributed by atoms with Crippen LogP contribution in [-0.4, -0.2) is 75.5 Å². The quantitative estimate of drug-likeness (QED) is 0.379. The van der Waals surface area contributed by atoms with Crippen molar-refractivity contribution in [2.24, 2.45) is 0 Å². The summed E-state index contributed by atoms with van der Waals surface area (Å²) in [6.45, 7) is 0. The first kappa shape index (κ1) is 29.0. The molecule has 0 aliphatic carbocycles. The Morgan fingerprint density at radius 1 is 0.750 bits per heavy atom. The van der Waals surface area contributed by atoms with Gasteiger partial charge in [0.1, 0.15) is 0 Å². The Labute approximate surface area is 92.3 Å². The molecule has 0 aromatic rings. The molecular formula is Ca2OS. The standard InChI is InChI=1S/2Ca.O.S/q2*+2;2*-2. The molecule has 4 heteroatoms. The molecule has 0 aromatic carbocycles. The summed E-state index contributed by atoms with van der Waals surface area (Å²) in [4.78, 5) is 0. The number of rotatable bonds is 0. The van der Waals surface area contributed by atoms with Crippen LogP contribution in [0.3, 0.4) is 0 Å². The van der Waals surface area contributed by atoms with Gasteiger partial charge in [0.05, 0.1) is 0 Å². The first-order chi connectivity index (χ1) is 0. The predicted octanol–water partition coefficient (Wildman–Crippen LogP) is -0.883. The third-order valence-electron chi connectivity index (χ3n) is 0. The fraction of sp³-hybridized carbons (Fsp3) is 0. The normalized spacial score (nSPS) is 0. The van der Waals surface area contributed by atoms with Crippen LogP contribution in [0.25, 0.3) is 0 Å². The molecule has 0 radical (unpaired) electrons. The molecule has 0 fully saturated rings. The van der Waals surface area contributed by atoms with Crippen LogP contribution in [0.5, 0.6) is 0 Å². The Balaban J connectivity index is 0. The summed E-state index contributed by atoms with van der Waals surface area (Å²) in [6.07, 6.45) is 0. The molecule has 0 N–H and O–H groups in total. The molecule has 4 heavy (non-hydrogen) atoms. The van der Waals surface area contributed by atoms with E-state index < -0.39 is 0 Å². The van der Waals surface area contributed by atoms with Crippen molar-refractivity contribution in [3.63, 3.8) is 0 Å². The van der Waals surface area contributed by atoms with Gasteiger partial charge in [-0.2, -0.15) is 0 Å². The zero-order valence-corrected chi connectivity index (χ0v) is 7.46. The van der Waals surface area contributed by atoms with Crippen LogP contribution >= 0.6 is 0 Å². The smallest absolute Gasteiger partial charge is 2.00 e. The molecule has 16 valence electrons. The molecule has 0 heterocycles. The summed E-state index contributed by atoms with van der Waals surface area (Å²) in [5.41, 5.74) is 0. The zero-order chi connectivity index (χ0) is 0. The maximum atomic E-state index is 0. The number of hydrogen-bond acceptors (Lipinski definition) is 0. The minimum atomic E-state index is 0. The topological polar surface area (TPSA) is 28.5 Å². The van der Waals surface area contributed by atoms with Crippen molar-refractivity contribution < 1.29 is 5.48 Å². The van der Waals surface area contributed by atoms with Crippen molar-refractivity contribution in [3.8, 4) is 0 Å². The SMILES string of the molecule is [Ca+2].[Ca+2].[O-2].[S-2]. The van der Waals surface area contributed by atoms with E-state index >= 15 is 0 Å². The van der Waals surface area contributed by atoms with E-state index in [1.54, 1.807) is 0 Å². The Bertz CT molecular complexity index is 6.00. The van der Waals surface area contributed by atoms with Crippen molar-refractivity contribution in [1.29, 1.82) is 0 Å². The van der Waals surface area contributed by atoms with Gasteiger partial charge in [0, 0.05) is 0 Å². The minimum absolute atomic E-state index is 0. The molecule has 0 amide bonds. The molecule has 0 spiro atoms. The van der Waals surface area contributed by atoms with E-state index in [1.165, 1.54) is 0 Å². The van der Waals surface area contributed by atoms with Crippen LogP contribution in [0, 0.1) is 0 Å². The van der Waals surface area contributed by atoms with Crippen LogP contribution in [-0.2, 0) is 19.0 Å². The van der Waals surface area contributed by atoms with Crippen molar-refractivity contribution in [2.75, 3.05) is 0 Å². The number of hydrogen-bond donors (Lipinski definition) is 0. The van der Waals surface area contributed by atoms with Gasteiger partial charge in [0.15, 0.2) is 0 Å². The largest absolute Gasteiger partial charge is 2.00 e. The van der Waals surface area contributed by atoms with Gasteiger partial charge in [-0.1, -0.05) is 0 Å². The summed E-state index contributed by atoms with van der Waals surface area (Å²) >= 11 is 0. The summed E-state index contributed by atoms with van der Waals surface area (Å²) in [6, 6.07) is 0. The first-order valence-corrected chi connectivity index (χ1v) is 0. The molecule has 0 bridgehead atoms. The van der Waals surface area contributed by atoms with Crippen LogP contribution in [0.2, 0.25) is 0 Å². The van der Waals surface area contributed by atoms with Crippen LogP contribution in [0.15, 0.2) is 0 Å². The molecule has 0 saturated carbocycles. The summed E-state index contributed by atoms with van der Waals surface area (Å²) < 4.78 is 0. The van der Waals surface area contributed by atoms with E-state index in [4.69, 9.17) is 0 Å². The Morgan fingerprint density at radius 2 is 0.750 bits per heavy atom. The fourth-order valence-electron chi connectivity index (χ4n) is 0. The molecule has 0 rings (SSSR count). The maximum Gasteiger partial charge on any atom is 2.00 e. The van der Waals surface area contributed by atoms with E-state index in [1.807, 2.05) is 0 Å². The van der Waals surface area contributed by atoms with E-state index in [0.29, 0.717) is 0 Å². The van der Waals surface area contributed by atoms with Crippen LogP contribution < -0.4 is 0 Å². The van der Waals surface area contributed by atoms with Gasteiger partial charge < -0.3 is 19.0 Å². The van der Waals surface area contributed by atoms with Gasteiger partial charge in [-0.15, -0.1) is 0 Å². The van der Waals surface area contributed by atoms with Gasteiger partial charge in [0.2, 0.25) is 0 Å². The average molecular weight is 128 g/mol. The van der Waals surface area contributed by atoms with Gasteiger partial charge in [0.25, 0.3) is 0 Å². The molecule has 0 aromatic heterocycles. The van der Waals surface area contributed by atoms with Crippen LogP contribution in [0.1, 0.15) is 0 Å². The van der Waals surface area contributed by atoms with Gasteiger partial charge in [-0.05, 0) is 0 Å². The third-order valence-corrected chi connectivity index (χ3v) is 0. The molecule has 0 aliphatic heterocycles. The summed E-state index contributed by atoms with van der Waals surface area (Å²) in [5.74, 6) is 0. The second-order valence-electron chi connectivity index (χ2n) is 0. The Morgan fingerprint density at radius 3 is 0.750 bits per heavy atom. The fourth-order valence-corrected chi connectivity index (χ4v) is 0. The summed E-state index contributed by atoms with van der Waals surface area (Å²) in [7, 11) is 0. The maximum absolute atomic E-state index is 0. The van der Waals surface area contributed by atoms with Gasteiger partial charge in [-0.25, -0.2) is 0 Å². The second kappa shape index (κ2) is 17.0. The third kappa shape index (κ3) is 8.85. The van der Waals surface area contributed by atoms with E-state index in [-0.39, 0.29) is 94.4 Å². The molecule has 0 unspecified atom stereocenters. The van der Waals surface area contributed by atoms with E-state index in [0.717, 1.165) is 0 Å². The monoisotopic (exact) mass is 128 g/mol. The Hall–Kier alpha value is 2.83. The molecule has 1 nitrogen and oxygen atoms in total. The zero-order valence-electron chi connectivity index (χ0n) is 2.23. The molecule has 0 atom stereocenters. The first-order valence-electron chi connectivity index (χ1n) is 0. The second-order valence-corrected chi connectivity index (χ2v) is 0. The predicted molar refractivity (Wildman–Crippen MR) is 19.6 cm³/mol.